The van der Waals surface area contributed by atoms with Crippen LogP contribution in [0.2, 0.25) is 0 Å². The summed E-state index contributed by atoms with van der Waals surface area (Å²) in [4.78, 5) is 47.5. The van der Waals surface area contributed by atoms with Gasteiger partial charge in [-0.05, 0) is 90.6 Å². The number of fused-ring (bicyclic) bond motifs is 2. The number of benzene rings is 1. The molecule has 1 amide bonds. The molecule has 0 radical (unpaired) electrons. The Morgan fingerprint density at radius 1 is 0.881 bits per heavy atom. The van der Waals surface area contributed by atoms with Crippen LogP contribution in [-0.4, -0.2) is 218 Å². The Morgan fingerprint density at radius 3 is 2.27 bits per heavy atom. The normalized spacial score (nSPS) is 35.5. The van der Waals surface area contributed by atoms with Gasteiger partial charge in [-0.15, -0.1) is 0 Å². The Labute approximate surface area is 517 Å². The Morgan fingerprint density at radius 2 is 1.61 bits per heavy atom. The lowest BCUT2D eigenvalue weighted by atomic mass is 9.75. The van der Waals surface area contributed by atoms with Gasteiger partial charge in [-0.3, -0.25) is 19.7 Å². The molecule has 1 aromatic rings. The molecule has 29 heteroatoms. The zero-order chi connectivity index (χ0) is 61.2. The molecule has 19 atom stereocenters. The molecule has 2 aliphatic carbocycles. The number of ketones is 1. The van der Waals surface area contributed by atoms with Crippen molar-refractivity contribution in [3.63, 3.8) is 0 Å². The topological polar surface area (TPSA) is 308 Å². The first kappa shape index (κ1) is 68.5. The molecule has 1 aromatic carbocycles. The van der Waals surface area contributed by atoms with Gasteiger partial charge in [0, 0.05) is 44.0 Å². The number of halogens is 1. The van der Waals surface area contributed by atoms with Gasteiger partial charge in [-0.25, -0.2) is 4.79 Å². The summed E-state index contributed by atoms with van der Waals surface area (Å²) in [5.41, 5.74) is 1.30. The molecule has 0 spiro atoms. The lowest BCUT2D eigenvalue weighted by Gasteiger charge is -2.46. The molecular weight excluding hydrogens is 1290 g/mol. The second kappa shape index (κ2) is 31.5. The highest BCUT2D eigenvalue weighted by molar-refractivity contribution is 14.1. The highest BCUT2D eigenvalue weighted by atomic mass is 127. The average molecular weight is 1370 g/mol. The number of nitrogens with one attached hydrogen (secondary N) is 3. The number of aliphatic hydroxyl groups excluding tert-OH is 4. The summed E-state index contributed by atoms with van der Waals surface area (Å²) in [7, 11) is 11.3. The standard InChI is InChI=1S/C55H74IN3O21S4/c1-12-57-30-24-73-35(22-34(30)68-6)78-48-43(63)40(26(3)75-53(48)77-33-17-15-13-14-16-19-55(67)23-32(61)41(58-54(66)72-10)38(33)29(55)18-20-82-84-81-11)59-80-36-21-31(60)50(28(5)74-36)83-51(65)37-25(2)39(56)46(49(71-9)45(37)69-7)79-52-44(64)47(70-8)42(62)27(4)76-52/h13-14,18,26-28,30-31,33-36,40,42-44,47-48,50,52-53,57,59-60,62-64,67H,12,20-24H2,1-11H3,(H,58,66)/t26?,27?,28?,30?,31?,33?,34?,35-,36?,40?,42?,43?,44?,47?,48?,50?,52?,53-,55-/m0/s1. The summed E-state index contributed by atoms with van der Waals surface area (Å²) in [6.45, 7) is 9.41. The molecule has 466 valence electrons. The van der Waals surface area contributed by atoms with Crippen LogP contribution in [0.15, 0.2) is 35.1 Å². The maximum atomic E-state index is 14.4. The van der Waals surface area contributed by atoms with Gasteiger partial charge >= 0.3 is 6.09 Å². The van der Waals surface area contributed by atoms with Gasteiger partial charge in [0.25, 0.3) is 0 Å². The molecule has 24 nitrogen and oxygen atoms in total. The maximum Gasteiger partial charge on any atom is 0.411 e. The average Bonchev–Trinajstić information content (AvgIpc) is 1.36. The van der Waals surface area contributed by atoms with Crippen molar-refractivity contribution in [2.24, 2.45) is 0 Å². The maximum absolute atomic E-state index is 14.4. The van der Waals surface area contributed by atoms with E-state index in [4.69, 9.17) is 61.7 Å². The van der Waals surface area contributed by atoms with Crippen molar-refractivity contribution in [1.82, 2.24) is 16.1 Å². The summed E-state index contributed by atoms with van der Waals surface area (Å²) >= 11 is 2.83. The van der Waals surface area contributed by atoms with E-state index in [2.05, 4.69) is 39.8 Å². The van der Waals surface area contributed by atoms with Crippen LogP contribution in [0.1, 0.15) is 62.9 Å². The smallest absolute Gasteiger partial charge is 0.411 e. The zero-order valence-electron chi connectivity index (χ0n) is 48.1. The third kappa shape index (κ3) is 15.7. The second-order valence-electron chi connectivity index (χ2n) is 20.1. The molecule has 0 aromatic heterocycles. The number of methoxy groups -OCH3 is 5. The van der Waals surface area contributed by atoms with Gasteiger partial charge in [-0.1, -0.05) is 70.0 Å². The van der Waals surface area contributed by atoms with Crippen LogP contribution in [0.3, 0.4) is 0 Å². The fourth-order valence-electron chi connectivity index (χ4n) is 10.5. The number of ether oxygens (including phenoxy) is 12. The van der Waals surface area contributed by atoms with E-state index < -0.39 is 127 Å². The SMILES string of the molecule is CCNC1CO[C@@H](OC2C(O)C(NOC3CC(O)C(SC(=O)c4c(C)c(I)c(OC5OC(C)C(O)C(OC)C5O)c(OC)c4OC)C(C)O3)C(C)O[C@H]2OC2C#CC=CC#C[C@]3(O)CC(=O)C(NC(=O)OC)=C2C3=CCSSSC)CC1OC. The number of hydrogen-bond acceptors (Lipinski definition) is 27. The van der Waals surface area contributed by atoms with E-state index in [1.807, 2.05) is 35.8 Å². The lowest BCUT2D eigenvalue weighted by Crippen LogP contribution is -2.65. The predicted molar refractivity (Wildman–Crippen MR) is 320 cm³/mol. The quantitative estimate of drug-likeness (QED) is 0.0272. The largest absolute Gasteiger partial charge is 0.492 e. The van der Waals surface area contributed by atoms with E-state index >= 15 is 0 Å². The van der Waals surface area contributed by atoms with Crippen molar-refractivity contribution in [3.8, 4) is 40.9 Å². The van der Waals surface area contributed by atoms with Gasteiger partial charge in [-0.2, -0.15) is 5.48 Å². The number of likely N-dealkylation sites (N-methyl/N-ethyl adjacent to an activating group) is 1. The van der Waals surface area contributed by atoms with Crippen LogP contribution in [0.5, 0.6) is 17.2 Å². The van der Waals surface area contributed by atoms with Crippen molar-refractivity contribution >= 4 is 82.8 Å². The molecule has 6 aliphatic rings. The van der Waals surface area contributed by atoms with Gasteiger partial charge < -0.3 is 87.7 Å². The number of alkyl carbamates (subject to hydrolysis) is 1. The molecule has 8 N–H and O–H groups in total. The van der Waals surface area contributed by atoms with Crippen molar-refractivity contribution in [3.05, 3.63) is 49.8 Å². The number of amides is 1. The third-order valence-corrected chi connectivity index (χ3v) is 21.2. The first-order valence-electron chi connectivity index (χ1n) is 26.9. The number of Topliss-reactive ketones (excluding diaryl/α,β-unsaturated/α-hetero) is 1. The fraction of sp³-hybridized carbons (Fsp3) is 0.655. The molecule has 7 rings (SSSR count). The van der Waals surface area contributed by atoms with E-state index in [1.54, 1.807) is 40.9 Å². The first-order chi connectivity index (χ1) is 40.2. The molecular formula is C55H74IN3O21S4. The second-order valence-corrected chi connectivity index (χ2v) is 26.7. The van der Waals surface area contributed by atoms with E-state index in [1.165, 1.54) is 64.9 Å². The van der Waals surface area contributed by atoms with Crippen LogP contribution in [0.25, 0.3) is 0 Å². The van der Waals surface area contributed by atoms with Crippen LogP contribution >= 0.6 is 65.8 Å². The number of carbonyl (C=O) groups excluding carboxylic acids is 3. The predicted octanol–water partition coefficient (Wildman–Crippen LogP) is 3.20. The molecule has 2 bridgehead atoms. The molecule has 0 saturated carbocycles. The highest BCUT2D eigenvalue weighted by Gasteiger charge is 2.52. The third-order valence-electron chi connectivity index (χ3n) is 14.8. The first-order valence-corrected chi connectivity index (χ1v) is 32.9. The Kier molecular flexibility index (Phi) is 25.7. The number of aliphatic hydroxyl groups is 5. The van der Waals surface area contributed by atoms with Crippen molar-refractivity contribution in [2.45, 2.75) is 169 Å². The summed E-state index contributed by atoms with van der Waals surface area (Å²) in [5, 5.41) is 62.7. The van der Waals surface area contributed by atoms with Gasteiger partial charge in [0.2, 0.25) is 17.2 Å². The van der Waals surface area contributed by atoms with Crippen molar-refractivity contribution in [1.29, 1.82) is 0 Å². The summed E-state index contributed by atoms with van der Waals surface area (Å²) < 4.78 is 72.5. The number of hydroxylamine groups is 1. The molecule has 4 aliphatic heterocycles. The fourth-order valence-corrected chi connectivity index (χ4v) is 14.7. The van der Waals surface area contributed by atoms with E-state index in [-0.39, 0.29) is 71.2 Å². The Bertz CT molecular complexity index is 2710. The van der Waals surface area contributed by atoms with Gasteiger partial charge in [0.15, 0.2) is 41.8 Å². The van der Waals surface area contributed by atoms with Crippen LogP contribution in [0, 0.1) is 34.2 Å². The lowest BCUT2D eigenvalue weighted by molar-refractivity contribution is -0.336. The minimum Gasteiger partial charge on any atom is -0.492 e. The zero-order valence-corrected chi connectivity index (χ0v) is 53.6. The summed E-state index contributed by atoms with van der Waals surface area (Å²) in [6.07, 6.45) is -11.9. The number of hydrogen-bond donors (Lipinski definition) is 8. The van der Waals surface area contributed by atoms with Gasteiger partial charge in [0.1, 0.15) is 36.6 Å². The van der Waals surface area contributed by atoms with Crippen molar-refractivity contribution < 1.29 is 102 Å². The molecule has 4 heterocycles. The molecule has 4 fully saturated rings. The monoisotopic (exact) mass is 1370 g/mol. The van der Waals surface area contributed by atoms with E-state index in [0.717, 1.165) is 18.9 Å². The molecule has 84 heavy (non-hydrogen) atoms. The van der Waals surface area contributed by atoms with E-state index in [9.17, 15) is 39.9 Å². The minimum atomic E-state index is -2.05. The minimum absolute atomic E-state index is 0.0155. The Balaban J connectivity index is 1.12. The van der Waals surface area contributed by atoms with Crippen LogP contribution in [0.4, 0.5) is 4.79 Å². The van der Waals surface area contributed by atoms with Gasteiger partial charge in [0.05, 0.1) is 97.0 Å². The molecule has 16 unspecified atom stereocenters. The van der Waals surface area contributed by atoms with Crippen LogP contribution < -0.4 is 30.3 Å². The molecule has 4 saturated heterocycles. The number of thioether (sulfide) groups is 1. The summed E-state index contributed by atoms with van der Waals surface area (Å²) in [6, 6.07) is -1.27. The Hall–Kier alpha value is -2.94. The number of allylic oxidation sites excluding steroid dienone is 3. The van der Waals surface area contributed by atoms with E-state index in [0.29, 0.717) is 21.4 Å². The van der Waals surface area contributed by atoms with Crippen molar-refractivity contribution in [2.75, 3.05) is 60.7 Å². The number of carbonyl (C=O) groups is 3. The summed E-state index contributed by atoms with van der Waals surface area (Å²) in [5.74, 6) is 11.3. The number of rotatable bonds is 22. The van der Waals surface area contributed by atoms with Crippen LogP contribution in [-0.2, 0) is 52.3 Å². The highest BCUT2D eigenvalue weighted by Crippen LogP contribution is 2.49.